The summed E-state index contributed by atoms with van der Waals surface area (Å²) in [5.74, 6) is 2.03. The Bertz CT molecular complexity index is 1250. The van der Waals surface area contributed by atoms with Gasteiger partial charge in [0.2, 0.25) is 0 Å². The van der Waals surface area contributed by atoms with Crippen molar-refractivity contribution >= 4 is 21.5 Å². The van der Waals surface area contributed by atoms with Gasteiger partial charge >= 0.3 is 0 Å². The van der Waals surface area contributed by atoms with Crippen molar-refractivity contribution in [3.63, 3.8) is 0 Å². The monoisotopic (exact) mass is 358 g/mol. The molecule has 132 valence electrons. The largest absolute Gasteiger partial charge is 0.457 e. The number of hydrogen-bond donors (Lipinski definition) is 0. The lowest BCUT2D eigenvalue weighted by Crippen LogP contribution is -2.12. The normalized spacial score (nSPS) is 13.1. The third-order valence-electron chi connectivity index (χ3n) is 5.78. The van der Waals surface area contributed by atoms with Crippen LogP contribution < -0.4 is 4.74 Å². The summed E-state index contributed by atoms with van der Waals surface area (Å²) in [6.07, 6.45) is 0. The molecule has 0 fully saturated rings. The quantitative estimate of drug-likeness (QED) is 0.281. The van der Waals surface area contributed by atoms with E-state index >= 15 is 0 Å². The van der Waals surface area contributed by atoms with Crippen LogP contribution in [0.5, 0.6) is 11.5 Å². The number of fused-ring (bicyclic) bond motifs is 4. The fourth-order valence-electron chi connectivity index (χ4n) is 4.58. The SMILES string of the molecule is c1ccc2c(c1)Oc1ccccc1C2c1c2ccccc2cc2ccccc12. The van der Waals surface area contributed by atoms with E-state index < -0.39 is 0 Å². The van der Waals surface area contributed by atoms with E-state index in [9.17, 15) is 0 Å². The molecule has 0 bridgehead atoms. The molecule has 5 aromatic carbocycles. The molecule has 5 aromatic rings. The summed E-state index contributed by atoms with van der Waals surface area (Å²) in [5.41, 5.74) is 3.81. The van der Waals surface area contributed by atoms with E-state index in [0.29, 0.717) is 0 Å². The molecule has 1 heteroatoms. The highest BCUT2D eigenvalue weighted by Gasteiger charge is 2.30. The van der Waals surface area contributed by atoms with E-state index in [1.807, 2.05) is 12.1 Å². The Kier molecular flexibility index (Phi) is 3.30. The summed E-state index contributed by atoms with van der Waals surface area (Å²) >= 11 is 0. The molecule has 0 unspecified atom stereocenters. The molecule has 0 radical (unpaired) electrons. The maximum Gasteiger partial charge on any atom is 0.131 e. The molecule has 1 aliphatic rings. The van der Waals surface area contributed by atoms with Crippen LogP contribution in [0, 0.1) is 0 Å². The Labute approximate surface area is 163 Å². The van der Waals surface area contributed by atoms with Crippen LogP contribution in [0.15, 0.2) is 103 Å². The van der Waals surface area contributed by atoms with Crippen molar-refractivity contribution in [3.8, 4) is 11.5 Å². The van der Waals surface area contributed by atoms with Gasteiger partial charge in [-0.2, -0.15) is 0 Å². The Morgan fingerprint density at radius 1 is 0.500 bits per heavy atom. The number of rotatable bonds is 1. The van der Waals surface area contributed by atoms with Crippen molar-refractivity contribution in [2.75, 3.05) is 0 Å². The highest BCUT2D eigenvalue weighted by atomic mass is 16.5. The minimum atomic E-state index is 0.136. The van der Waals surface area contributed by atoms with Gasteiger partial charge in [-0.1, -0.05) is 84.9 Å². The van der Waals surface area contributed by atoms with Crippen molar-refractivity contribution < 1.29 is 4.74 Å². The van der Waals surface area contributed by atoms with Gasteiger partial charge in [0.25, 0.3) is 0 Å². The van der Waals surface area contributed by atoms with Crippen LogP contribution in [0.2, 0.25) is 0 Å². The third-order valence-corrected chi connectivity index (χ3v) is 5.78. The van der Waals surface area contributed by atoms with E-state index in [-0.39, 0.29) is 5.92 Å². The van der Waals surface area contributed by atoms with Crippen LogP contribution in [-0.4, -0.2) is 0 Å². The molecular formula is C27H18O. The molecule has 1 heterocycles. The number of ether oxygens (including phenoxy) is 1. The predicted molar refractivity (Wildman–Crippen MR) is 115 cm³/mol. The van der Waals surface area contributed by atoms with Gasteiger partial charge in [0.15, 0.2) is 0 Å². The first-order valence-corrected chi connectivity index (χ1v) is 9.66. The van der Waals surface area contributed by atoms with Crippen molar-refractivity contribution in [1.82, 2.24) is 0 Å². The fraction of sp³-hybridized carbons (Fsp3) is 0.0370. The van der Waals surface area contributed by atoms with Crippen molar-refractivity contribution in [1.29, 1.82) is 0 Å². The number of hydrogen-bond acceptors (Lipinski definition) is 1. The van der Waals surface area contributed by atoms with Gasteiger partial charge in [0.1, 0.15) is 11.5 Å². The lowest BCUT2D eigenvalue weighted by molar-refractivity contribution is 0.453. The molecule has 0 spiro atoms. The maximum atomic E-state index is 6.25. The van der Waals surface area contributed by atoms with E-state index in [1.54, 1.807) is 0 Å². The average molecular weight is 358 g/mol. The molecule has 1 aliphatic heterocycles. The van der Waals surface area contributed by atoms with Gasteiger partial charge in [0.05, 0.1) is 0 Å². The lowest BCUT2D eigenvalue weighted by atomic mass is 9.78. The van der Waals surface area contributed by atoms with Gasteiger partial charge in [-0.25, -0.2) is 0 Å². The molecule has 0 N–H and O–H groups in total. The smallest absolute Gasteiger partial charge is 0.131 e. The second-order valence-corrected chi connectivity index (χ2v) is 7.34. The minimum absolute atomic E-state index is 0.136. The van der Waals surface area contributed by atoms with Crippen molar-refractivity contribution in [2.24, 2.45) is 0 Å². The summed E-state index contributed by atoms with van der Waals surface area (Å²) in [6, 6.07) is 36.6. The van der Waals surface area contributed by atoms with E-state index in [1.165, 1.54) is 38.2 Å². The van der Waals surface area contributed by atoms with Gasteiger partial charge in [-0.3, -0.25) is 0 Å². The number of benzene rings is 5. The first-order chi connectivity index (χ1) is 13.9. The van der Waals surface area contributed by atoms with E-state index in [4.69, 9.17) is 4.74 Å². The summed E-state index contributed by atoms with van der Waals surface area (Å²) in [6.45, 7) is 0. The van der Waals surface area contributed by atoms with Gasteiger partial charge < -0.3 is 4.74 Å². The first kappa shape index (κ1) is 15.5. The molecule has 6 rings (SSSR count). The molecule has 0 atom stereocenters. The summed E-state index contributed by atoms with van der Waals surface area (Å²) < 4.78 is 6.25. The topological polar surface area (TPSA) is 9.23 Å². The molecule has 28 heavy (non-hydrogen) atoms. The zero-order valence-corrected chi connectivity index (χ0v) is 15.3. The first-order valence-electron chi connectivity index (χ1n) is 9.66. The van der Waals surface area contributed by atoms with Crippen LogP contribution in [-0.2, 0) is 0 Å². The summed E-state index contributed by atoms with van der Waals surface area (Å²) in [4.78, 5) is 0. The van der Waals surface area contributed by atoms with Crippen LogP contribution in [0.3, 0.4) is 0 Å². The maximum absolute atomic E-state index is 6.25. The Hall–Kier alpha value is -3.58. The van der Waals surface area contributed by atoms with Gasteiger partial charge in [0, 0.05) is 17.0 Å². The van der Waals surface area contributed by atoms with Crippen LogP contribution in [0.25, 0.3) is 21.5 Å². The molecule has 1 nitrogen and oxygen atoms in total. The standard InChI is InChI=1S/C27H18O/c1-3-11-20-18(9-1)17-19-10-2-4-12-21(19)26(20)27-22-13-5-7-15-24(22)28-25-16-8-6-14-23(25)27/h1-17,27H. The molecule has 0 amide bonds. The van der Waals surface area contributed by atoms with E-state index in [0.717, 1.165) is 11.5 Å². The molecule has 0 aromatic heterocycles. The Balaban J connectivity index is 1.79. The predicted octanol–water partition coefficient (Wildman–Crippen LogP) is 7.28. The van der Waals surface area contributed by atoms with Gasteiger partial charge in [-0.05, 0) is 45.3 Å². The average Bonchev–Trinajstić information content (AvgIpc) is 2.76. The van der Waals surface area contributed by atoms with Crippen molar-refractivity contribution in [3.05, 3.63) is 120 Å². The van der Waals surface area contributed by atoms with E-state index in [2.05, 4.69) is 91.0 Å². The van der Waals surface area contributed by atoms with Crippen LogP contribution >= 0.6 is 0 Å². The fourth-order valence-corrected chi connectivity index (χ4v) is 4.58. The van der Waals surface area contributed by atoms with Crippen LogP contribution in [0.4, 0.5) is 0 Å². The molecule has 0 aliphatic carbocycles. The van der Waals surface area contributed by atoms with Crippen molar-refractivity contribution in [2.45, 2.75) is 5.92 Å². The molecular weight excluding hydrogens is 340 g/mol. The van der Waals surface area contributed by atoms with Gasteiger partial charge in [-0.15, -0.1) is 0 Å². The summed E-state index contributed by atoms with van der Waals surface area (Å²) in [5, 5.41) is 5.16. The summed E-state index contributed by atoms with van der Waals surface area (Å²) in [7, 11) is 0. The zero-order chi connectivity index (χ0) is 18.5. The molecule has 0 saturated heterocycles. The second-order valence-electron chi connectivity index (χ2n) is 7.34. The Morgan fingerprint density at radius 3 is 1.54 bits per heavy atom. The lowest BCUT2D eigenvalue weighted by Gasteiger charge is -2.30. The highest BCUT2D eigenvalue weighted by molar-refractivity contribution is 6.03. The Morgan fingerprint density at radius 2 is 0.964 bits per heavy atom. The zero-order valence-electron chi connectivity index (χ0n) is 15.3. The number of para-hydroxylation sites is 2. The second kappa shape index (κ2) is 5.97. The third kappa shape index (κ3) is 2.20. The minimum Gasteiger partial charge on any atom is -0.457 e. The molecule has 0 saturated carbocycles. The van der Waals surface area contributed by atoms with Crippen LogP contribution in [0.1, 0.15) is 22.6 Å². The highest BCUT2D eigenvalue weighted by Crippen LogP contribution is 2.50.